The summed E-state index contributed by atoms with van der Waals surface area (Å²) < 4.78 is 25.3. The summed E-state index contributed by atoms with van der Waals surface area (Å²) >= 11 is 0. The number of hydrogen-bond acceptors (Lipinski definition) is 3. The SMILES string of the molecule is CCCC(CC)C(C)NS(=N)(=O)c1ccc(NC(=O)c2ccccc2C)c2ccccc12. The Morgan fingerprint density at radius 2 is 1.66 bits per heavy atom. The maximum absolute atomic E-state index is 13.5. The highest BCUT2D eigenvalue weighted by Gasteiger charge is 2.22. The van der Waals surface area contributed by atoms with Gasteiger partial charge >= 0.3 is 0 Å². The highest BCUT2D eigenvalue weighted by Crippen LogP contribution is 2.31. The Bertz CT molecular complexity index is 1200. The summed E-state index contributed by atoms with van der Waals surface area (Å²) in [6, 6.07) is 18.3. The van der Waals surface area contributed by atoms with E-state index in [1.807, 2.05) is 56.3 Å². The molecule has 0 aliphatic heterocycles. The van der Waals surface area contributed by atoms with Gasteiger partial charge < -0.3 is 5.32 Å². The van der Waals surface area contributed by atoms with Crippen LogP contribution in [0.2, 0.25) is 0 Å². The number of nitrogens with one attached hydrogen (secondary N) is 3. The van der Waals surface area contributed by atoms with Crippen LogP contribution in [-0.4, -0.2) is 16.2 Å². The Morgan fingerprint density at radius 1 is 1.00 bits per heavy atom. The maximum atomic E-state index is 13.5. The van der Waals surface area contributed by atoms with Crippen molar-refractivity contribution >= 4 is 32.3 Å². The van der Waals surface area contributed by atoms with Crippen molar-refractivity contribution in [3.8, 4) is 0 Å². The first kappa shape index (κ1) is 24.0. The Morgan fingerprint density at radius 3 is 2.31 bits per heavy atom. The third-order valence-corrected chi connectivity index (χ3v) is 7.75. The minimum absolute atomic E-state index is 0.0378. The molecule has 6 heteroatoms. The van der Waals surface area contributed by atoms with E-state index in [0.29, 0.717) is 27.5 Å². The van der Waals surface area contributed by atoms with E-state index in [9.17, 15) is 9.00 Å². The lowest BCUT2D eigenvalue weighted by Gasteiger charge is -2.25. The van der Waals surface area contributed by atoms with Crippen LogP contribution in [0.25, 0.3) is 10.8 Å². The minimum Gasteiger partial charge on any atom is -0.321 e. The summed E-state index contributed by atoms with van der Waals surface area (Å²) in [6.07, 6.45) is 3.06. The van der Waals surface area contributed by atoms with E-state index in [-0.39, 0.29) is 11.9 Å². The van der Waals surface area contributed by atoms with Gasteiger partial charge in [0.05, 0.1) is 4.90 Å². The average Bonchev–Trinajstić information content (AvgIpc) is 2.77. The molecule has 5 nitrogen and oxygen atoms in total. The van der Waals surface area contributed by atoms with E-state index < -0.39 is 9.92 Å². The number of carbonyl (C=O) groups excluding carboxylic acids is 1. The van der Waals surface area contributed by atoms with Gasteiger partial charge in [0, 0.05) is 28.1 Å². The lowest BCUT2D eigenvalue weighted by Crippen LogP contribution is -2.37. The van der Waals surface area contributed by atoms with E-state index in [4.69, 9.17) is 4.78 Å². The summed E-state index contributed by atoms with van der Waals surface area (Å²) in [7, 11) is -3.23. The Kier molecular flexibility index (Phi) is 7.69. The van der Waals surface area contributed by atoms with E-state index in [1.165, 1.54) is 0 Å². The fraction of sp³-hybridized carbons (Fsp3) is 0.346. The summed E-state index contributed by atoms with van der Waals surface area (Å²) in [5, 5.41) is 4.46. The zero-order chi connectivity index (χ0) is 23.3. The van der Waals surface area contributed by atoms with Gasteiger partial charge in [0.25, 0.3) is 5.91 Å². The second kappa shape index (κ2) is 10.3. The van der Waals surface area contributed by atoms with Crippen LogP contribution in [0.3, 0.4) is 0 Å². The van der Waals surface area contributed by atoms with Crippen molar-refractivity contribution in [3.05, 3.63) is 71.8 Å². The van der Waals surface area contributed by atoms with Crippen molar-refractivity contribution < 1.29 is 9.00 Å². The Balaban J connectivity index is 1.96. The van der Waals surface area contributed by atoms with Crippen LogP contribution < -0.4 is 10.0 Å². The van der Waals surface area contributed by atoms with Gasteiger partial charge in [-0.15, -0.1) is 0 Å². The molecule has 0 fully saturated rings. The zero-order valence-corrected chi connectivity index (χ0v) is 20.1. The molecule has 0 bridgehead atoms. The lowest BCUT2D eigenvalue weighted by molar-refractivity contribution is 0.102. The van der Waals surface area contributed by atoms with Crippen LogP contribution in [0.15, 0.2) is 65.6 Å². The first-order valence-corrected chi connectivity index (χ1v) is 12.8. The fourth-order valence-electron chi connectivity index (χ4n) is 4.25. The van der Waals surface area contributed by atoms with Gasteiger partial charge in [-0.1, -0.05) is 69.2 Å². The molecule has 3 aromatic rings. The third kappa shape index (κ3) is 5.19. The summed E-state index contributed by atoms with van der Waals surface area (Å²) in [6.45, 7) is 8.19. The van der Waals surface area contributed by atoms with Crippen LogP contribution in [-0.2, 0) is 9.92 Å². The van der Waals surface area contributed by atoms with Crippen LogP contribution >= 0.6 is 0 Å². The first-order valence-electron chi connectivity index (χ1n) is 11.2. The van der Waals surface area contributed by atoms with Crippen molar-refractivity contribution in [2.24, 2.45) is 5.92 Å². The van der Waals surface area contributed by atoms with Crippen molar-refractivity contribution in [2.45, 2.75) is 57.9 Å². The average molecular weight is 452 g/mol. The number of anilines is 1. The van der Waals surface area contributed by atoms with E-state index >= 15 is 0 Å². The molecule has 3 unspecified atom stereocenters. The van der Waals surface area contributed by atoms with Gasteiger partial charge in [-0.3, -0.25) is 4.79 Å². The smallest absolute Gasteiger partial charge is 0.255 e. The molecule has 0 spiro atoms. The van der Waals surface area contributed by atoms with Crippen molar-refractivity contribution in [2.75, 3.05) is 5.32 Å². The van der Waals surface area contributed by atoms with Gasteiger partial charge in [-0.25, -0.2) is 13.7 Å². The summed E-state index contributed by atoms with van der Waals surface area (Å²) in [5.74, 6) is 0.176. The number of carbonyl (C=O) groups is 1. The monoisotopic (exact) mass is 451 g/mol. The van der Waals surface area contributed by atoms with Crippen LogP contribution in [0, 0.1) is 17.6 Å². The van der Waals surface area contributed by atoms with Gasteiger partial charge in [-0.2, -0.15) is 0 Å². The second-order valence-electron chi connectivity index (χ2n) is 8.35. The third-order valence-electron chi connectivity index (χ3n) is 6.07. The molecule has 0 saturated heterocycles. The molecule has 3 atom stereocenters. The van der Waals surface area contributed by atoms with Crippen LogP contribution in [0.4, 0.5) is 5.69 Å². The molecule has 170 valence electrons. The quantitative estimate of drug-likeness (QED) is 0.346. The predicted molar refractivity (Wildman–Crippen MR) is 133 cm³/mol. The van der Waals surface area contributed by atoms with E-state index in [2.05, 4.69) is 23.9 Å². The molecule has 0 aromatic heterocycles. The van der Waals surface area contributed by atoms with Gasteiger partial charge in [-0.05, 0) is 49.9 Å². The highest BCUT2D eigenvalue weighted by molar-refractivity contribution is 7.90. The molecule has 0 aliphatic carbocycles. The number of hydrogen-bond donors (Lipinski definition) is 3. The van der Waals surface area contributed by atoms with Gasteiger partial charge in [0.2, 0.25) is 0 Å². The predicted octanol–water partition coefficient (Wildman–Crippen LogP) is 6.53. The Labute approximate surface area is 191 Å². The maximum Gasteiger partial charge on any atom is 0.255 e. The Hall–Kier alpha value is -2.70. The summed E-state index contributed by atoms with van der Waals surface area (Å²) in [5.41, 5.74) is 2.15. The number of amides is 1. The summed E-state index contributed by atoms with van der Waals surface area (Å²) in [4.78, 5) is 13.3. The van der Waals surface area contributed by atoms with Crippen LogP contribution in [0.5, 0.6) is 0 Å². The standard InChI is InChI=1S/C26H33N3O2S/c1-5-11-20(6-2)19(4)29-32(27,31)25-17-16-24(22-14-9-10-15-23(22)25)28-26(30)21-13-8-7-12-18(21)3/h7-10,12-17,19-20H,5-6,11H2,1-4H3,(H,28,30)(H2,27,29,31). The first-order chi connectivity index (χ1) is 15.3. The molecule has 3 aromatic carbocycles. The van der Waals surface area contributed by atoms with Crippen molar-refractivity contribution in [1.82, 2.24) is 4.72 Å². The van der Waals surface area contributed by atoms with E-state index in [0.717, 1.165) is 30.2 Å². The van der Waals surface area contributed by atoms with Crippen molar-refractivity contribution in [1.29, 1.82) is 4.78 Å². The molecule has 0 saturated carbocycles. The molecule has 3 N–H and O–H groups in total. The largest absolute Gasteiger partial charge is 0.321 e. The second-order valence-corrected chi connectivity index (χ2v) is 10.1. The van der Waals surface area contributed by atoms with E-state index in [1.54, 1.807) is 18.2 Å². The minimum atomic E-state index is -3.23. The molecule has 1 amide bonds. The molecule has 32 heavy (non-hydrogen) atoms. The normalized spacial score (nSPS) is 15.1. The topological polar surface area (TPSA) is 82.1 Å². The molecular formula is C26H33N3O2S. The molecule has 0 heterocycles. The van der Waals surface area contributed by atoms with Gasteiger partial charge in [0.1, 0.15) is 9.92 Å². The van der Waals surface area contributed by atoms with Crippen LogP contribution in [0.1, 0.15) is 56.0 Å². The molecule has 0 radical (unpaired) electrons. The molecular weight excluding hydrogens is 418 g/mol. The molecule has 0 aliphatic rings. The van der Waals surface area contributed by atoms with Gasteiger partial charge in [0.15, 0.2) is 0 Å². The fourth-order valence-corrected chi connectivity index (χ4v) is 5.84. The molecule has 3 rings (SSSR count). The highest BCUT2D eigenvalue weighted by atomic mass is 32.2. The van der Waals surface area contributed by atoms with Crippen molar-refractivity contribution in [3.63, 3.8) is 0 Å². The number of fused-ring (bicyclic) bond motifs is 1. The lowest BCUT2D eigenvalue weighted by atomic mass is 9.94. The number of rotatable bonds is 9. The number of aryl methyl sites for hydroxylation is 1. The zero-order valence-electron chi connectivity index (χ0n) is 19.3. The number of benzene rings is 3.